The molecule has 0 spiro atoms. The lowest BCUT2D eigenvalue weighted by Crippen LogP contribution is -1.90. The summed E-state index contributed by atoms with van der Waals surface area (Å²) in [5.74, 6) is 0.804. The van der Waals surface area contributed by atoms with Gasteiger partial charge in [-0.15, -0.1) is 11.3 Å². The van der Waals surface area contributed by atoms with Crippen molar-refractivity contribution in [2.24, 2.45) is 0 Å². The Morgan fingerprint density at radius 2 is 0.960 bits per heavy atom. The molecule has 0 saturated carbocycles. The number of fused-ring (bicyclic) bond motifs is 8. The second-order valence-electron chi connectivity index (χ2n) is 11.9. The molecule has 2 aliphatic heterocycles. The van der Waals surface area contributed by atoms with Crippen LogP contribution in [0.15, 0.2) is 128 Å². The molecule has 1 N–H and O–H groups in total. The Hall–Kier alpha value is -6.44. The molecule has 2 aromatic carbocycles. The van der Waals surface area contributed by atoms with E-state index in [1.54, 1.807) is 18.4 Å². The molecule has 238 valence electrons. The highest BCUT2D eigenvalue weighted by atomic mass is 32.1. The fourth-order valence-electron chi connectivity index (χ4n) is 6.61. The molecular weight excluding hydrogens is 635 g/mol. The minimum atomic E-state index is 0.804. The fourth-order valence-corrected chi connectivity index (χ4v) is 7.76. The van der Waals surface area contributed by atoms with E-state index in [4.69, 9.17) is 24.7 Å². The molecule has 7 heteroatoms. The van der Waals surface area contributed by atoms with Crippen LogP contribution in [0.2, 0.25) is 0 Å². The van der Waals surface area contributed by atoms with Crippen molar-refractivity contribution < 1.29 is 4.74 Å². The number of rotatable bonds is 5. The summed E-state index contributed by atoms with van der Waals surface area (Å²) in [6.07, 6.45) is 12.0. The van der Waals surface area contributed by atoms with E-state index in [1.807, 2.05) is 67.0 Å². The summed E-state index contributed by atoms with van der Waals surface area (Å²) < 4.78 is 7.73. The molecule has 50 heavy (non-hydrogen) atoms. The summed E-state index contributed by atoms with van der Waals surface area (Å²) in [4.78, 5) is 24.0. The minimum absolute atomic E-state index is 0.804. The highest BCUT2D eigenvalue weighted by molar-refractivity contribution is 7.24. The van der Waals surface area contributed by atoms with Crippen molar-refractivity contribution in [1.29, 1.82) is 0 Å². The van der Waals surface area contributed by atoms with Gasteiger partial charge in [0.05, 0.1) is 52.3 Å². The number of aromatic amines is 1. The Kier molecular flexibility index (Phi) is 7.44. The molecule has 0 saturated heterocycles. The monoisotopic (exact) mass is 663 g/mol. The van der Waals surface area contributed by atoms with Gasteiger partial charge < -0.3 is 9.72 Å². The number of hydrogen-bond donors (Lipinski definition) is 1. The zero-order chi connectivity index (χ0) is 33.4. The maximum atomic E-state index is 5.51. The van der Waals surface area contributed by atoms with Gasteiger partial charge in [-0.2, -0.15) is 0 Å². The van der Waals surface area contributed by atoms with Crippen LogP contribution in [0.1, 0.15) is 22.8 Å². The molecule has 5 aromatic heterocycles. The van der Waals surface area contributed by atoms with Crippen molar-refractivity contribution in [1.82, 2.24) is 24.9 Å². The van der Waals surface area contributed by atoms with Crippen LogP contribution in [0.5, 0.6) is 5.75 Å². The molecule has 7 aromatic rings. The van der Waals surface area contributed by atoms with Crippen LogP contribution in [0.25, 0.3) is 89.5 Å². The first-order valence-electron chi connectivity index (χ1n) is 16.3. The van der Waals surface area contributed by atoms with Crippen LogP contribution < -0.4 is 4.74 Å². The van der Waals surface area contributed by atoms with Crippen LogP contribution in [-0.2, 0) is 0 Å². The molecule has 9 rings (SSSR count). The predicted molar refractivity (Wildman–Crippen MR) is 206 cm³/mol. The Morgan fingerprint density at radius 1 is 0.480 bits per heavy atom. The van der Waals surface area contributed by atoms with Crippen molar-refractivity contribution in [3.8, 4) is 50.5 Å². The highest BCUT2D eigenvalue weighted by Gasteiger charge is 2.19. The van der Waals surface area contributed by atoms with Gasteiger partial charge in [-0.3, -0.25) is 9.97 Å². The third-order valence-electron chi connectivity index (χ3n) is 8.91. The second kappa shape index (κ2) is 12.5. The Labute approximate surface area is 292 Å². The summed E-state index contributed by atoms with van der Waals surface area (Å²) >= 11 is 1.74. The van der Waals surface area contributed by atoms with E-state index in [9.17, 15) is 0 Å². The lowest BCUT2D eigenvalue weighted by Gasteiger charge is -2.06. The van der Waals surface area contributed by atoms with Gasteiger partial charge in [0.25, 0.3) is 0 Å². The van der Waals surface area contributed by atoms with Crippen LogP contribution in [0.3, 0.4) is 0 Å². The topological polar surface area (TPSA) is 76.6 Å². The van der Waals surface area contributed by atoms with Crippen molar-refractivity contribution in [2.45, 2.75) is 0 Å². The van der Waals surface area contributed by atoms with Gasteiger partial charge in [-0.1, -0.05) is 54.6 Å². The first kappa shape index (κ1) is 29.7. The van der Waals surface area contributed by atoms with Crippen LogP contribution in [-0.4, -0.2) is 32.0 Å². The fraction of sp³-hybridized carbons (Fsp3) is 0.0233. The third kappa shape index (κ3) is 5.30. The van der Waals surface area contributed by atoms with Gasteiger partial charge in [0.1, 0.15) is 5.75 Å². The maximum Gasteiger partial charge on any atom is 0.118 e. The molecule has 0 radical (unpaired) electrons. The summed E-state index contributed by atoms with van der Waals surface area (Å²) in [6.45, 7) is 0. The molecular formula is C43H29N5OS. The van der Waals surface area contributed by atoms with Crippen LogP contribution in [0.4, 0.5) is 0 Å². The SMILES string of the molecule is COc1ccc(-c2c3nc(c(-c4ccccn4)c4ccc([nH]4)c(-c4ccccn4)c4nc(c(-c5ccccc5)c5ccc2s5)C=C4)C=C3)cc1. The predicted octanol–water partition coefficient (Wildman–Crippen LogP) is 10.9. The Bertz CT molecular complexity index is 2570. The summed E-state index contributed by atoms with van der Waals surface area (Å²) in [5.41, 5.74) is 13.0. The van der Waals surface area contributed by atoms with Gasteiger partial charge in [0, 0.05) is 44.0 Å². The van der Waals surface area contributed by atoms with E-state index in [2.05, 4.69) is 90.0 Å². The zero-order valence-electron chi connectivity index (χ0n) is 27.0. The van der Waals surface area contributed by atoms with E-state index in [0.717, 1.165) is 93.7 Å². The lowest BCUT2D eigenvalue weighted by molar-refractivity contribution is 0.415. The number of nitrogens with one attached hydrogen (secondary N) is 1. The molecule has 6 nitrogen and oxygen atoms in total. The zero-order valence-corrected chi connectivity index (χ0v) is 27.9. The standard InChI is InChI=1S/C43H29N5OS/c1-49-29-15-13-28(14-16-29)41-33-18-20-35(47-33)43(31-12-6-8-26-45-31)37-22-21-36(48-37)42(30-11-5-7-25-44-30)34-19-17-32(46-34)40(27-9-3-2-4-10-27)38-23-24-39(41)50-38/h2-26,48H,1H3. The minimum Gasteiger partial charge on any atom is -0.497 e. The number of aromatic nitrogens is 5. The van der Waals surface area contributed by atoms with E-state index in [0.29, 0.717) is 0 Å². The lowest BCUT2D eigenvalue weighted by atomic mass is 10.0. The van der Waals surface area contributed by atoms with Gasteiger partial charge in [0.2, 0.25) is 0 Å². The molecule has 0 atom stereocenters. The highest BCUT2D eigenvalue weighted by Crippen LogP contribution is 2.41. The van der Waals surface area contributed by atoms with E-state index < -0.39 is 0 Å². The molecule has 0 amide bonds. The molecule has 0 fully saturated rings. The third-order valence-corrected chi connectivity index (χ3v) is 10.0. The normalized spacial score (nSPS) is 11.9. The summed E-state index contributed by atoms with van der Waals surface area (Å²) in [6, 6.07) is 39.2. The van der Waals surface area contributed by atoms with Crippen LogP contribution in [0, 0.1) is 0 Å². The average molecular weight is 664 g/mol. The largest absolute Gasteiger partial charge is 0.497 e. The maximum absolute atomic E-state index is 5.51. The quantitative estimate of drug-likeness (QED) is 0.198. The number of ether oxygens (including phenoxy) is 1. The van der Waals surface area contributed by atoms with Gasteiger partial charge in [0.15, 0.2) is 0 Å². The Morgan fingerprint density at radius 3 is 1.44 bits per heavy atom. The first-order valence-corrected chi connectivity index (χ1v) is 17.1. The molecule has 7 heterocycles. The molecule has 0 unspecified atom stereocenters. The number of thiophene rings is 1. The Balaban J connectivity index is 1.47. The number of benzene rings is 2. The van der Waals surface area contributed by atoms with Crippen molar-refractivity contribution >= 4 is 56.1 Å². The van der Waals surface area contributed by atoms with Crippen LogP contribution >= 0.6 is 11.3 Å². The molecule has 2 aliphatic rings. The van der Waals surface area contributed by atoms with E-state index in [1.165, 1.54) is 0 Å². The second-order valence-corrected chi connectivity index (χ2v) is 13.0. The number of methoxy groups -OCH3 is 1. The van der Waals surface area contributed by atoms with Gasteiger partial charge in [-0.25, -0.2) is 9.97 Å². The molecule has 8 bridgehead atoms. The smallest absolute Gasteiger partial charge is 0.118 e. The number of nitrogens with zero attached hydrogens (tertiary/aromatic N) is 4. The summed E-state index contributed by atoms with van der Waals surface area (Å²) in [5, 5.41) is 0. The number of H-pyrrole nitrogens is 1. The summed E-state index contributed by atoms with van der Waals surface area (Å²) in [7, 11) is 1.69. The van der Waals surface area contributed by atoms with Crippen molar-refractivity contribution in [3.63, 3.8) is 0 Å². The average Bonchev–Trinajstić information content (AvgIpc) is 4.01. The van der Waals surface area contributed by atoms with Crippen molar-refractivity contribution in [3.05, 3.63) is 150 Å². The van der Waals surface area contributed by atoms with E-state index in [-0.39, 0.29) is 0 Å². The van der Waals surface area contributed by atoms with Gasteiger partial charge >= 0.3 is 0 Å². The number of pyridine rings is 2. The molecule has 0 aliphatic carbocycles. The van der Waals surface area contributed by atoms with Gasteiger partial charge in [-0.05, 0) is 96.1 Å². The van der Waals surface area contributed by atoms with E-state index >= 15 is 0 Å². The van der Waals surface area contributed by atoms with Crippen molar-refractivity contribution in [2.75, 3.05) is 7.11 Å². The number of hydrogen-bond acceptors (Lipinski definition) is 6. The first-order chi connectivity index (χ1) is 24.7.